The van der Waals surface area contributed by atoms with Gasteiger partial charge in [0.1, 0.15) is 5.75 Å². The number of nitrogens with one attached hydrogen (secondary N) is 1. The number of anilines is 1. The molecule has 2 aromatic rings. The summed E-state index contributed by atoms with van der Waals surface area (Å²) in [5.74, 6) is 1.46. The summed E-state index contributed by atoms with van der Waals surface area (Å²) in [7, 11) is 1.53. The molecule has 0 fully saturated rings. The highest BCUT2D eigenvalue weighted by Crippen LogP contribution is 2.28. The topological polar surface area (TPSA) is 50.7 Å². The number of methoxy groups -OCH3 is 1. The number of hydrogen-bond acceptors (Lipinski definition) is 4. The minimum atomic E-state index is 0.126. The normalized spacial score (nSPS) is 10.1. The van der Waals surface area contributed by atoms with Crippen LogP contribution in [0.2, 0.25) is 0 Å². The van der Waals surface area contributed by atoms with Gasteiger partial charge < -0.3 is 19.9 Å². The zero-order chi connectivity index (χ0) is 14.4. The lowest BCUT2D eigenvalue weighted by molar-refractivity contribution is 0.340. The van der Waals surface area contributed by atoms with Crippen LogP contribution >= 0.6 is 0 Å². The smallest absolute Gasteiger partial charge is 0.160 e. The third-order valence-corrected chi connectivity index (χ3v) is 2.88. The Kier molecular flexibility index (Phi) is 4.71. The van der Waals surface area contributed by atoms with Gasteiger partial charge in [-0.3, -0.25) is 0 Å². The molecule has 2 N–H and O–H groups in total. The maximum Gasteiger partial charge on any atom is 0.160 e. The third-order valence-electron chi connectivity index (χ3n) is 2.88. The van der Waals surface area contributed by atoms with Crippen molar-refractivity contribution in [2.75, 3.05) is 19.0 Å². The maximum absolute atomic E-state index is 9.72. The van der Waals surface area contributed by atoms with E-state index in [1.807, 2.05) is 37.3 Å². The van der Waals surface area contributed by atoms with Crippen LogP contribution in [0, 0.1) is 0 Å². The molecule has 4 heteroatoms. The summed E-state index contributed by atoms with van der Waals surface area (Å²) >= 11 is 0. The molecule has 2 aromatic carbocycles. The molecule has 0 saturated heterocycles. The van der Waals surface area contributed by atoms with E-state index in [2.05, 4.69) is 5.32 Å². The molecule has 20 heavy (non-hydrogen) atoms. The van der Waals surface area contributed by atoms with Crippen LogP contribution in [-0.2, 0) is 6.54 Å². The lowest BCUT2D eigenvalue weighted by Gasteiger charge is -2.10. The molecule has 0 atom stereocenters. The zero-order valence-corrected chi connectivity index (χ0v) is 11.7. The van der Waals surface area contributed by atoms with Crippen LogP contribution in [0.4, 0.5) is 5.69 Å². The molecule has 0 amide bonds. The number of ether oxygens (including phenoxy) is 2. The summed E-state index contributed by atoms with van der Waals surface area (Å²) in [5, 5.41) is 13.0. The van der Waals surface area contributed by atoms with Gasteiger partial charge in [-0.2, -0.15) is 0 Å². The van der Waals surface area contributed by atoms with Crippen LogP contribution in [0.25, 0.3) is 0 Å². The van der Waals surface area contributed by atoms with Gasteiger partial charge in [0.2, 0.25) is 0 Å². The van der Waals surface area contributed by atoms with E-state index in [0.29, 0.717) is 18.9 Å². The molecule has 0 radical (unpaired) electrons. The van der Waals surface area contributed by atoms with E-state index in [1.54, 1.807) is 12.1 Å². The van der Waals surface area contributed by atoms with Gasteiger partial charge in [0.15, 0.2) is 11.5 Å². The Bertz CT molecular complexity index is 569. The quantitative estimate of drug-likeness (QED) is 0.846. The zero-order valence-electron chi connectivity index (χ0n) is 11.7. The Morgan fingerprint density at radius 3 is 2.70 bits per heavy atom. The van der Waals surface area contributed by atoms with E-state index in [1.165, 1.54) is 7.11 Å². The van der Waals surface area contributed by atoms with Crippen LogP contribution < -0.4 is 14.8 Å². The molecular formula is C16H19NO3. The summed E-state index contributed by atoms with van der Waals surface area (Å²) in [6, 6.07) is 13.2. The average molecular weight is 273 g/mol. The molecule has 106 valence electrons. The van der Waals surface area contributed by atoms with Gasteiger partial charge in [-0.25, -0.2) is 0 Å². The summed E-state index contributed by atoms with van der Waals surface area (Å²) in [5.41, 5.74) is 1.95. The van der Waals surface area contributed by atoms with Crippen LogP contribution in [0.3, 0.4) is 0 Å². The van der Waals surface area contributed by atoms with E-state index >= 15 is 0 Å². The molecule has 0 aliphatic rings. The summed E-state index contributed by atoms with van der Waals surface area (Å²) < 4.78 is 10.5. The fourth-order valence-electron chi connectivity index (χ4n) is 1.92. The Hall–Kier alpha value is -2.36. The molecule has 0 unspecified atom stereocenters. The first-order chi connectivity index (χ1) is 9.72. The van der Waals surface area contributed by atoms with Gasteiger partial charge in [-0.05, 0) is 36.8 Å². The molecule has 4 nitrogen and oxygen atoms in total. The predicted octanol–water partition coefficient (Wildman–Crippen LogP) is 3.41. The predicted molar refractivity (Wildman–Crippen MR) is 79.6 cm³/mol. The molecule has 0 saturated carbocycles. The summed E-state index contributed by atoms with van der Waals surface area (Å²) in [6.45, 7) is 3.28. The minimum absolute atomic E-state index is 0.126. The highest BCUT2D eigenvalue weighted by atomic mass is 16.5. The second kappa shape index (κ2) is 6.70. The van der Waals surface area contributed by atoms with Crippen molar-refractivity contribution in [1.29, 1.82) is 0 Å². The van der Waals surface area contributed by atoms with Crippen LogP contribution in [0.15, 0.2) is 42.5 Å². The molecule has 0 spiro atoms. The van der Waals surface area contributed by atoms with Gasteiger partial charge in [0.05, 0.1) is 13.7 Å². The van der Waals surface area contributed by atoms with E-state index in [0.717, 1.165) is 17.0 Å². The third kappa shape index (κ3) is 3.57. The van der Waals surface area contributed by atoms with Crippen molar-refractivity contribution in [2.24, 2.45) is 0 Å². The largest absolute Gasteiger partial charge is 0.504 e. The van der Waals surface area contributed by atoms with Crippen molar-refractivity contribution in [2.45, 2.75) is 13.5 Å². The second-order valence-corrected chi connectivity index (χ2v) is 4.32. The summed E-state index contributed by atoms with van der Waals surface area (Å²) in [6.07, 6.45) is 0. The number of benzene rings is 2. The monoisotopic (exact) mass is 273 g/mol. The highest BCUT2D eigenvalue weighted by Gasteiger charge is 2.02. The van der Waals surface area contributed by atoms with Crippen molar-refractivity contribution >= 4 is 5.69 Å². The number of rotatable bonds is 6. The van der Waals surface area contributed by atoms with Gasteiger partial charge in [-0.1, -0.05) is 12.1 Å². The molecular weight excluding hydrogens is 254 g/mol. The van der Waals surface area contributed by atoms with Crippen molar-refractivity contribution in [3.05, 3.63) is 48.0 Å². The summed E-state index contributed by atoms with van der Waals surface area (Å²) in [4.78, 5) is 0. The van der Waals surface area contributed by atoms with Gasteiger partial charge in [-0.15, -0.1) is 0 Å². The van der Waals surface area contributed by atoms with Gasteiger partial charge in [0.25, 0.3) is 0 Å². The maximum atomic E-state index is 9.72. The lowest BCUT2D eigenvalue weighted by atomic mass is 10.2. The van der Waals surface area contributed by atoms with Crippen molar-refractivity contribution in [3.63, 3.8) is 0 Å². The Balaban J connectivity index is 2.01. The first-order valence-corrected chi connectivity index (χ1v) is 6.55. The van der Waals surface area contributed by atoms with Crippen molar-refractivity contribution in [3.8, 4) is 17.2 Å². The Labute approximate surface area is 119 Å². The number of hydrogen-bond donors (Lipinski definition) is 2. The molecule has 2 rings (SSSR count). The minimum Gasteiger partial charge on any atom is -0.504 e. The van der Waals surface area contributed by atoms with Crippen LogP contribution in [-0.4, -0.2) is 18.8 Å². The Morgan fingerprint density at radius 1 is 1.15 bits per heavy atom. The van der Waals surface area contributed by atoms with Crippen LogP contribution in [0.5, 0.6) is 17.2 Å². The number of phenols is 1. The molecule has 0 heterocycles. The van der Waals surface area contributed by atoms with Crippen molar-refractivity contribution in [1.82, 2.24) is 0 Å². The number of aromatic hydroxyl groups is 1. The standard InChI is InChI=1S/C16H19NO3/c1-3-20-14-6-4-5-12(9-14)11-17-13-7-8-16(19-2)15(18)10-13/h4-10,17-18H,3,11H2,1-2H3. The second-order valence-electron chi connectivity index (χ2n) is 4.32. The lowest BCUT2D eigenvalue weighted by Crippen LogP contribution is -2.00. The number of phenolic OH excluding ortho intramolecular Hbond substituents is 1. The molecule has 0 aromatic heterocycles. The average Bonchev–Trinajstić information content (AvgIpc) is 2.46. The highest BCUT2D eigenvalue weighted by molar-refractivity contribution is 5.54. The first-order valence-electron chi connectivity index (χ1n) is 6.55. The SMILES string of the molecule is CCOc1cccc(CNc2ccc(OC)c(O)c2)c1. The fourth-order valence-corrected chi connectivity index (χ4v) is 1.92. The van der Waals surface area contributed by atoms with E-state index in [4.69, 9.17) is 9.47 Å². The first kappa shape index (κ1) is 14.1. The van der Waals surface area contributed by atoms with Gasteiger partial charge >= 0.3 is 0 Å². The van der Waals surface area contributed by atoms with Gasteiger partial charge in [0, 0.05) is 18.3 Å². The fraction of sp³-hybridized carbons (Fsp3) is 0.250. The van der Waals surface area contributed by atoms with Crippen LogP contribution in [0.1, 0.15) is 12.5 Å². The Morgan fingerprint density at radius 2 is 2.00 bits per heavy atom. The molecule has 0 aliphatic carbocycles. The van der Waals surface area contributed by atoms with E-state index < -0.39 is 0 Å². The molecule has 0 bridgehead atoms. The van der Waals surface area contributed by atoms with E-state index in [9.17, 15) is 5.11 Å². The van der Waals surface area contributed by atoms with E-state index in [-0.39, 0.29) is 5.75 Å². The van der Waals surface area contributed by atoms with Crippen molar-refractivity contribution < 1.29 is 14.6 Å². The molecule has 0 aliphatic heterocycles.